The van der Waals surface area contributed by atoms with Crippen LogP contribution in [0.25, 0.3) is 0 Å². The molecule has 1 atom stereocenters. The van der Waals surface area contributed by atoms with Crippen LogP contribution in [0.1, 0.15) is 45.6 Å². The number of aryl methyl sites for hydroxylation is 3. The van der Waals surface area contributed by atoms with Gasteiger partial charge in [-0.1, -0.05) is 36.4 Å². The summed E-state index contributed by atoms with van der Waals surface area (Å²) in [5.74, 6) is -0.326. The summed E-state index contributed by atoms with van der Waals surface area (Å²) in [7, 11) is -3.81. The fraction of sp³-hybridized carbons (Fsp3) is 0.208. The Kier molecular flexibility index (Phi) is 6.27. The Balaban J connectivity index is 1.78. The molecule has 156 valence electrons. The quantitative estimate of drug-likeness (QED) is 0.593. The minimum Gasteiger partial charge on any atom is -0.346 e. The van der Waals surface area contributed by atoms with Crippen LogP contribution in [-0.4, -0.2) is 14.3 Å². The van der Waals surface area contributed by atoms with Crippen LogP contribution in [0, 0.1) is 20.8 Å². The van der Waals surface area contributed by atoms with Gasteiger partial charge in [-0.15, -0.1) is 0 Å². The van der Waals surface area contributed by atoms with Gasteiger partial charge >= 0.3 is 0 Å². The molecule has 30 heavy (non-hydrogen) atoms. The van der Waals surface area contributed by atoms with Gasteiger partial charge in [-0.2, -0.15) is 0 Å². The maximum Gasteiger partial charge on any atom is 0.261 e. The van der Waals surface area contributed by atoms with E-state index in [0.717, 1.165) is 16.7 Å². The van der Waals surface area contributed by atoms with E-state index >= 15 is 0 Å². The summed E-state index contributed by atoms with van der Waals surface area (Å²) in [6.45, 7) is 7.86. The molecule has 0 aliphatic heterocycles. The topological polar surface area (TPSA) is 75.3 Å². The third-order valence-corrected chi connectivity index (χ3v) is 6.43. The normalized spacial score (nSPS) is 12.3. The summed E-state index contributed by atoms with van der Waals surface area (Å²) in [4.78, 5) is 12.8. The summed E-state index contributed by atoms with van der Waals surface area (Å²) in [6, 6.07) is 19.0. The lowest BCUT2D eigenvalue weighted by Crippen LogP contribution is -2.27. The van der Waals surface area contributed by atoms with Gasteiger partial charge in [0.2, 0.25) is 0 Å². The Morgan fingerprint density at radius 3 is 2.30 bits per heavy atom. The predicted molar refractivity (Wildman–Crippen MR) is 120 cm³/mol. The zero-order valence-corrected chi connectivity index (χ0v) is 18.4. The lowest BCUT2D eigenvalue weighted by Gasteiger charge is -2.16. The zero-order chi connectivity index (χ0) is 21.9. The van der Waals surface area contributed by atoms with Crippen molar-refractivity contribution in [3.63, 3.8) is 0 Å². The highest BCUT2D eigenvalue weighted by Crippen LogP contribution is 2.20. The minimum absolute atomic E-state index is 0.0375. The van der Waals surface area contributed by atoms with Gasteiger partial charge in [-0.3, -0.25) is 9.52 Å². The third-order valence-electron chi connectivity index (χ3n) is 5.06. The smallest absolute Gasteiger partial charge is 0.261 e. The van der Waals surface area contributed by atoms with Crippen LogP contribution in [0.5, 0.6) is 0 Å². The van der Waals surface area contributed by atoms with E-state index in [4.69, 9.17) is 0 Å². The highest BCUT2D eigenvalue weighted by atomic mass is 32.2. The number of benzene rings is 3. The van der Waals surface area contributed by atoms with Gasteiger partial charge in [0.05, 0.1) is 10.9 Å². The van der Waals surface area contributed by atoms with Gasteiger partial charge in [0.1, 0.15) is 0 Å². The monoisotopic (exact) mass is 422 g/mol. The van der Waals surface area contributed by atoms with Crippen LogP contribution in [0.4, 0.5) is 5.69 Å². The molecule has 0 radical (unpaired) electrons. The molecule has 0 aliphatic rings. The van der Waals surface area contributed by atoms with Gasteiger partial charge < -0.3 is 5.32 Å². The predicted octanol–water partition coefficient (Wildman–Crippen LogP) is 4.90. The van der Waals surface area contributed by atoms with Crippen molar-refractivity contribution in [3.8, 4) is 0 Å². The molecule has 3 aromatic rings. The second kappa shape index (κ2) is 8.71. The summed E-state index contributed by atoms with van der Waals surface area (Å²) < 4.78 is 28.1. The molecule has 3 rings (SSSR count). The van der Waals surface area contributed by atoms with Crippen LogP contribution in [-0.2, 0) is 10.0 Å². The second-order valence-corrected chi connectivity index (χ2v) is 9.22. The van der Waals surface area contributed by atoms with Crippen molar-refractivity contribution in [2.24, 2.45) is 0 Å². The van der Waals surface area contributed by atoms with Crippen LogP contribution in [0.3, 0.4) is 0 Å². The number of carbonyl (C=O) groups excluding carboxylic acids is 1. The lowest BCUT2D eigenvalue weighted by molar-refractivity contribution is 0.0939. The molecular weight excluding hydrogens is 396 g/mol. The number of amides is 1. The van der Waals surface area contributed by atoms with E-state index in [9.17, 15) is 13.2 Å². The largest absolute Gasteiger partial charge is 0.346 e. The number of carbonyl (C=O) groups is 1. The van der Waals surface area contributed by atoms with Crippen LogP contribution in [0.2, 0.25) is 0 Å². The maximum atomic E-state index is 12.8. The average molecular weight is 423 g/mol. The summed E-state index contributed by atoms with van der Waals surface area (Å²) in [5, 5.41) is 2.94. The molecule has 2 N–H and O–H groups in total. The number of rotatable bonds is 6. The molecule has 3 aromatic carbocycles. The standard InChI is InChI=1S/C24H26N2O3S/c1-16-7-5-9-22(13-16)26-30(28,29)23-10-6-8-21(15-23)24(27)25-19(4)20-12-11-17(2)18(3)14-20/h5-15,19,26H,1-4H3,(H,25,27)/t19-/m0/s1. The van der Waals surface area contributed by atoms with Crippen molar-refractivity contribution in [2.75, 3.05) is 4.72 Å². The zero-order valence-electron chi connectivity index (χ0n) is 17.6. The van der Waals surface area contributed by atoms with Crippen molar-refractivity contribution < 1.29 is 13.2 Å². The summed E-state index contributed by atoms with van der Waals surface area (Å²) >= 11 is 0. The van der Waals surface area contributed by atoms with Crippen molar-refractivity contribution in [1.29, 1.82) is 0 Å². The first-order chi connectivity index (χ1) is 14.2. The Morgan fingerprint density at radius 1 is 0.867 bits per heavy atom. The molecule has 0 aliphatic carbocycles. The first-order valence-corrected chi connectivity index (χ1v) is 11.2. The van der Waals surface area contributed by atoms with E-state index in [1.165, 1.54) is 17.7 Å². The van der Waals surface area contributed by atoms with Gasteiger partial charge in [0.25, 0.3) is 15.9 Å². The molecule has 0 aromatic heterocycles. The van der Waals surface area contributed by atoms with E-state index in [2.05, 4.69) is 10.0 Å². The third kappa shape index (κ3) is 5.07. The van der Waals surface area contributed by atoms with Crippen LogP contribution in [0.15, 0.2) is 71.6 Å². The molecule has 1 amide bonds. The van der Waals surface area contributed by atoms with E-state index < -0.39 is 10.0 Å². The first-order valence-electron chi connectivity index (χ1n) is 9.73. The highest BCUT2D eigenvalue weighted by molar-refractivity contribution is 7.92. The molecule has 6 heteroatoms. The Hall–Kier alpha value is -3.12. The van der Waals surface area contributed by atoms with Gasteiger partial charge in [-0.25, -0.2) is 8.42 Å². The van der Waals surface area contributed by atoms with Crippen molar-refractivity contribution in [3.05, 3.63) is 94.5 Å². The van der Waals surface area contributed by atoms with Crippen LogP contribution >= 0.6 is 0 Å². The molecule has 0 spiro atoms. The molecular formula is C24H26N2O3S. The molecule has 0 heterocycles. The fourth-order valence-corrected chi connectivity index (χ4v) is 4.22. The number of hydrogen-bond acceptors (Lipinski definition) is 3. The van der Waals surface area contributed by atoms with E-state index in [0.29, 0.717) is 5.69 Å². The molecule has 0 unspecified atom stereocenters. The van der Waals surface area contributed by atoms with E-state index in [1.807, 2.05) is 52.0 Å². The summed E-state index contributed by atoms with van der Waals surface area (Å²) in [6.07, 6.45) is 0. The molecule has 0 bridgehead atoms. The van der Waals surface area contributed by atoms with Crippen molar-refractivity contribution >= 4 is 21.6 Å². The Bertz CT molecular complexity index is 1190. The fourth-order valence-electron chi connectivity index (χ4n) is 3.12. The van der Waals surface area contributed by atoms with Gasteiger partial charge in [0, 0.05) is 11.3 Å². The SMILES string of the molecule is Cc1cccc(NS(=O)(=O)c2cccc(C(=O)N[C@@H](C)c3ccc(C)c(C)c3)c2)c1. The van der Waals surface area contributed by atoms with Crippen LogP contribution < -0.4 is 10.0 Å². The van der Waals surface area contributed by atoms with Gasteiger partial charge in [-0.05, 0) is 80.3 Å². The van der Waals surface area contributed by atoms with Crippen molar-refractivity contribution in [1.82, 2.24) is 5.32 Å². The van der Waals surface area contributed by atoms with Gasteiger partial charge in [0.15, 0.2) is 0 Å². The summed E-state index contributed by atoms with van der Waals surface area (Å²) in [5.41, 5.74) is 5.06. The second-order valence-electron chi connectivity index (χ2n) is 7.54. The van der Waals surface area contributed by atoms with E-state index in [1.54, 1.807) is 30.3 Å². The lowest BCUT2D eigenvalue weighted by atomic mass is 10.0. The Labute approximate surface area is 178 Å². The molecule has 0 saturated carbocycles. The number of anilines is 1. The minimum atomic E-state index is -3.81. The maximum absolute atomic E-state index is 12.8. The van der Waals surface area contributed by atoms with Crippen molar-refractivity contribution in [2.45, 2.75) is 38.6 Å². The molecule has 0 fully saturated rings. The molecule has 0 saturated heterocycles. The highest BCUT2D eigenvalue weighted by Gasteiger charge is 2.18. The number of hydrogen-bond donors (Lipinski definition) is 2. The first kappa shape index (κ1) is 21.6. The Morgan fingerprint density at radius 2 is 1.60 bits per heavy atom. The average Bonchev–Trinajstić information content (AvgIpc) is 2.69. The number of nitrogens with one attached hydrogen (secondary N) is 2. The molecule has 5 nitrogen and oxygen atoms in total. The van der Waals surface area contributed by atoms with E-state index in [-0.39, 0.29) is 22.4 Å². The number of sulfonamides is 1.